The number of esters is 1. The molecule has 0 radical (unpaired) electrons. The number of carbonyl (C=O) groups excluding carboxylic acids is 1. The number of rotatable bonds is 4. The largest absolute Gasteiger partial charge is 0.504 e. The molecule has 1 aromatic rings. The zero-order chi connectivity index (χ0) is 20.7. The van der Waals surface area contributed by atoms with Gasteiger partial charge in [-0.15, -0.1) is 0 Å². The minimum absolute atomic E-state index is 0.0233. The summed E-state index contributed by atoms with van der Waals surface area (Å²) >= 11 is 0. The minimum Gasteiger partial charge on any atom is -0.504 e. The lowest BCUT2D eigenvalue weighted by Gasteiger charge is -2.43. The normalized spacial score (nSPS) is 32.5. The van der Waals surface area contributed by atoms with Crippen LogP contribution in [0.15, 0.2) is 29.8 Å². The maximum Gasteiger partial charge on any atom is 0.338 e. The van der Waals surface area contributed by atoms with Gasteiger partial charge >= 0.3 is 5.97 Å². The number of phenols is 1. The van der Waals surface area contributed by atoms with Crippen molar-refractivity contribution in [3.63, 3.8) is 0 Å². The van der Waals surface area contributed by atoms with Crippen LogP contribution in [0.3, 0.4) is 0 Å². The summed E-state index contributed by atoms with van der Waals surface area (Å²) in [5.74, 6) is -0.302. The maximum absolute atomic E-state index is 12.9. The van der Waals surface area contributed by atoms with Gasteiger partial charge in [0.25, 0.3) is 0 Å². The van der Waals surface area contributed by atoms with Crippen molar-refractivity contribution in [1.82, 2.24) is 0 Å². The summed E-state index contributed by atoms with van der Waals surface area (Å²) < 4.78 is 11.1. The van der Waals surface area contributed by atoms with Crippen molar-refractivity contribution >= 4 is 5.97 Å². The van der Waals surface area contributed by atoms with Crippen LogP contribution in [-0.4, -0.2) is 35.0 Å². The molecule has 5 nitrogen and oxygen atoms in total. The Labute approximate surface area is 167 Å². The summed E-state index contributed by atoms with van der Waals surface area (Å²) in [4.78, 5) is 12.9. The molecule has 1 fully saturated rings. The van der Waals surface area contributed by atoms with Crippen LogP contribution in [0.5, 0.6) is 11.5 Å². The van der Waals surface area contributed by atoms with Crippen molar-refractivity contribution in [2.75, 3.05) is 7.11 Å². The fourth-order valence-corrected chi connectivity index (χ4v) is 5.09. The van der Waals surface area contributed by atoms with Gasteiger partial charge in [0.2, 0.25) is 0 Å². The zero-order valence-corrected chi connectivity index (χ0v) is 17.5. The third-order valence-electron chi connectivity index (χ3n) is 6.87. The molecule has 2 aliphatic carbocycles. The van der Waals surface area contributed by atoms with E-state index in [1.54, 1.807) is 0 Å². The predicted octanol–water partition coefficient (Wildman–Crippen LogP) is 4.47. The number of phenolic OH excluding ortho intramolecular Hbond substituents is 1. The third kappa shape index (κ3) is 3.52. The van der Waals surface area contributed by atoms with Gasteiger partial charge in [-0.3, -0.25) is 0 Å². The molecular weight excluding hydrogens is 356 g/mol. The number of hydrogen-bond acceptors (Lipinski definition) is 5. The first-order valence-corrected chi connectivity index (χ1v) is 10.1. The number of methoxy groups -OCH3 is 1. The Kier molecular flexibility index (Phi) is 5.50. The molecule has 5 heteroatoms. The van der Waals surface area contributed by atoms with Gasteiger partial charge in [0, 0.05) is 12.3 Å². The van der Waals surface area contributed by atoms with Gasteiger partial charge in [0.05, 0.1) is 18.3 Å². The second-order valence-corrected chi connectivity index (χ2v) is 9.07. The zero-order valence-electron chi connectivity index (χ0n) is 17.5. The molecule has 154 valence electrons. The van der Waals surface area contributed by atoms with Crippen LogP contribution in [0.4, 0.5) is 0 Å². The number of benzene rings is 1. The Bertz CT molecular complexity index is 783. The second-order valence-electron chi connectivity index (χ2n) is 9.07. The Morgan fingerprint density at radius 3 is 2.64 bits per heavy atom. The first-order valence-electron chi connectivity index (χ1n) is 10.1. The average molecular weight is 389 g/mol. The molecule has 0 spiro atoms. The van der Waals surface area contributed by atoms with Crippen LogP contribution in [0, 0.1) is 17.3 Å². The van der Waals surface area contributed by atoms with E-state index in [0.717, 1.165) is 19.3 Å². The molecule has 1 aromatic carbocycles. The molecular formula is C23H32O5. The number of aliphatic hydroxyl groups is 1. The van der Waals surface area contributed by atoms with Crippen molar-refractivity contribution in [2.24, 2.45) is 17.3 Å². The number of aromatic hydroxyl groups is 1. The highest BCUT2D eigenvalue weighted by Crippen LogP contribution is 2.58. The summed E-state index contributed by atoms with van der Waals surface area (Å²) in [6.07, 6.45) is 4.98. The van der Waals surface area contributed by atoms with Gasteiger partial charge in [-0.2, -0.15) is 0 Å². The van der Waals surface area contributed by atoms with Crippen LogP contribution in [0.1, 0.15) is 63.7 Å². The highest BCUT2D eigenvalue weighted by Gasteiger charge is 2.59. The lowest BCUT2D eigenvalue weighted by Crippen LogP contribution is -2.50. The second kappa shape index (κ2) is 7.43. The molecule has 0 saturated heterocycles. The van der Waals surface area contributed by atoms with E-state index in [-0.39, 0.29) is 28.7 Å². The highest BCUT2D eigenvalue weighted by atomic mass is 16.5. The SMILES string of the molecule is COc1cc(C(=O)O[C@@H]2CC(C)=CC[C@]3(C)CC[C@](O)(C(C)C)[C@H]23)ccc1O. The fourth-order valence-electron chi connectivity index (χ4n) is 5.09. The predicted molar refractivity (Wildman–Crippen MR) is 107 cm³/mol. The molecule has 0 aromatic heterocycles. The molecule has 0 amide bonds. The van der Waals surface area contributed by atoms with Crippen molar-refractivity contribution in [3.05, 3.63) is 35.4 Å². The lowest BCUT2D eigenvalue weighted by molar-refractivity contribution is -0.112. The van der Waals surface area contributed by atoms with E-state index >= 15 is 0 Å². The Balaban J connectivity index is 1.93. The van der Waals surface area contributed by atoms with Gasteiger partial charge in [0.1, 0.15) is 6.10 Å². The number of fused-ring (bicyclic) bond motifs is 1. The van der Waals surface area contributed by atoms with Crippen molar-refractivity contribution < 1.29 is 24.5 Å². The lowest BCUT2D eigenvalue weighted by atomic mass is 9.67. The van der Waals surface area contributed by atoms with Gasteiger partial charge in [-0.1, -0.05) is 32.4 Å². The van der Waals surface area contributed by atoms with Crippen molar-refractivity contribution in [3.8, 4) is 11.5 Å². The molecule has 3 rings (SSSR count). The van der Waals surface area contributed by atoms with E-state index in [2.05, 4.69) is 19.9 Å². The first kappa shape index (κ1) is 20.7. The van der Waals surface area contributed by atoms with E-state index in [1.165, 1.54) is 30.9 Å². The summed E-state index contributed by atoms with van der Waals surface area (Å²) in [6, 6.07) is 4.44. The summed E-state index contributed by atoms with van der Waals surface area (Å²) in [7, 11) is 1.44. The van der Waals surface area contributed by atoms with Crippen molar-refractivity contribution in [1.29, 1.82) is 0 Å². The average Bonchev–Trinajstić information content (AvgIpc) is 2.85. The van der Waals surface area contributed by atoms with Crippen molar-refractivity contribution in [2.45, 2.75) is 65.1 Å². The van der Waals surface area contributed by atoms with E-state index in [9.17, 15) is 15.0 Å². The van der Waals surface area contributed by atoms with Gasteiger partial charge in [-0.25, -0.2) is 4.79 Å². The molecule has 4 atom stereocenters. The highest BCUT2D eigenvalue weighted by molar-refractivity contribution is 5.90. The molecule has 1 saturated carbocycles. The Morgan fingerprint density at radius 1 is 1.29 bits per heavy atom. The van der Waals surface area contributed by atoms with Crippen LogP contribution in [0.2, 0.25) is 0 Å². The van der Waals surface area contributed by atoms with Crippen LogP contribution in [-0.2, 0) is 4.74 Å². The minimum atomic E-state index is -0.856. The van der Waals surface area contributed by atoms with Crippen LogP contribution >= 0.6 is 0 Å². The molecule has 0 heterocycles. The standard InChI is InChI=1S/C23H32O5/c1-14(2)23(26)11-10-22(4)9-8-15(3)12-19(20(22)23)28-21(25)16-6-7-17(24)18(13-16)27-5/h6-8,13-14,19-20,24,26H,9-12H2,1-5H3/t19-,20-,22-,23+/m1/s1. The van der Waals surface area contributed by atoms with Crippen LogP contribution < -0.4 is 4.74 Å². The molecule has 0 bridgehead atoms. The Hall–Kier alpha value is -2.01. The van der Waals surface area contributed by atoms with Crippen LogP contribution in [0.25, 0.3) is 0 Å². The first-order chi connectivity index (χ1) is 13.1. The number of ether oxygens (including phenoxy) is 2. The summed E-state index contributed by atoms with van der Waals surface area (Å²) in [6.45, 7) is 8.35. The monoisotopic (exact) mass is 388 g/mol. The van der Waals surface area contributed by atoms with Gasteiger partial charge < -0.3 is 19.7 Å². The smallest absolute Gasteiger partial charge is 0.338 e. The summed E-state index contributed by atoms with van der Waals surface area (Å²) in [5, 5.41) is 21.3. The summed E-state index contributed by atoms with van der Waals surface area (Å²) in [5.41, 5.74) is 0.551. The number of hydrogen-bond donors (Lipinski definition) is 2. The van der Waals surface area contributed by atoms with E-state index in [0.29, 0.717) is 12.0 Å². The molecule has 0 unspecified atom stereocenters. The molecule has 2 N–H and O–H groups in total. The van der Waals surface area contributed by atoms with E-state index in [4.69, 9.17) is 9.47 Å². The van der Waals surface area contributed by atoms with E-state index in [1.807, 2.05) is 13.8 Å². The van der Waals surface area contributed by atoms with E-state index < -0.39 is 17.7 Å². The van der Waals surface area contributed by atoms with Gasteiger partial charge in [0.15, 0.2) is 11.5 Å². The fraction of sp³-hybridized carbons (Fsp3) is 0.609. The molecule has 0 aliphatic heterocycles. The van der Waals surface area contributed by atoms with Gasteiger partial charge in [-0.05, 0) is 55.7 Å². The Morgan fingerprint density at radius 2 is 2.00 bits per heavy atom. The molecule has 28 heavy (non-hydrogen) atoms. The maximum atomic E-state index is 12.9. The topological polar surface area (TPSA) is 76.0 Å². The quantitative estimate of drug-likeness (QED) is 0.588. The third-order valence-corrected chi connectivity index (χ3v) is 6.87. The number of carbonyl (C=O) groups is 1. The molecule has 2 aliphatic rings. The number of allylic oxidation sites excluding steroid dienone is 1.